The normalized spacial score (nSPS) is 13.7. The van der Waals surface area contributed by atoms with Crippen LogP contribution in [-0.2, 0) is 14.9 Å². The summed E-state index contributed by atoms with van der Waals surface area (Å²) in [5.41, 5.74) is -2.35. The summed E-state index contributed by atoms with van der Waals surface area (Å²) in [7, 11) is -5.37. The zero-order valence-corrected chi connectivity index (χ0v) is 11.6. The fraction of sp³-hybridized carbons (Fsp3) is 0.300. The third kappa shape index (κ3) is 4.31. The Labute approximate surface area is 127 Å². The lowest BCUT2D eigenvalue weighted by molar-refractivity contribution is -0.197. The third-order valence-electron chi connectivity index (χ3n) is 2.39. The summed E-state index contributed by atoms with van der Waals surface area (Å²) in [4.78, 5) is 11.3. The van der Waals surface area contributed by atoms with E-state index in [0.717, 1.165) is 0 Å². The Kier molecular flexibility index (Phi) is 5.44. The second kappa shape index (κ2) is 6.51. The standard InChI is InChI=1S/C10H4F8O5S/c11-4-3(5(12)7(14)8(15)6(4)13)9(19)23-2(10(16,17)18)1-24(20,21)22/h2H,1H2,(H,20,21,22). The minimum absolute atomic E-state index is 2.25. The van der Waals surface area contributed by atoms with Crippen molar-refractivity contribution >= 4 is 16.1 Å². The van der Waals surface area contributed by atoms with Crippen LogP contribution >= 0.6 is 0 Å². The molecule has 136 valence electrons. The van der Waals surface area contributed by atoms with E-state index in [1.165, 1.54) is 0 Å². The van der Waals surface area contributed by atoms with Crippen LogP contribution in [-0.4, -0.2) is 37.0 Å². The smallest absolute Gasteiger partial charge is 0.426 e. The predicted octanol–water partition coefficient (Wildman–Crippen LogP) is 2.36. The molecule has 1 unspecified atom stereocenters. The molecule has 0 saturated carbocycles. The van der Waals surface area contributed by atoms with Crippen LogP contribution in [0, 0.1) is 29.1 Å². The van der Waals surface area contributed by atoms with Gasteiger partial charge in [-0.15, -0.1) is 0 Å². The molecule has 1 aromatic rings. The van der Waals surface area contributed by atoms with E-state index in [1.54, 1.807) is 0 Å². The minimum Gasteiger partial charge on any atom is -0.448 e. The average molecular weight is 388 g/mol. The van der Waals surface area contributed by atoms with Crippen LogP contribution in [0.1, 0.15) is 10.4 Å². The van der Waals surface area contributed by atoms with E-state index < -0.39 is 68.8 Å². The Balaban J connectivity index is 3.32. The van der Waals surface area contributed by atoms with E-state index in [1.807, 2.05) is 0 Å². The number of carbonyl (C=O) groups is 1. The van der Waals surface area contributed by atoms with Gasteiger partial charge >= 0.3 is 12.1 Å². The van der Waals surface area contributed by atoms with Crippen molar-refractivity contribution < 1.29 is 57.6 Å². The van der Waals surface area contributed by atoms with Crippen molar-refractivity contribution in [2.24, 2.45) is 0 Å². The predicted molar refractivity (Wildman–Crippen MR) is 57.9 cm³/mol. The molecule has 0 bridgehead atoms. The van der Waals surface area contributed by atoms with Gasteiger partial charge in [-0.2, -0.15) is 21.6 Å². The van der Waals surface area contributed by atoms with Crippen molar-refractivity contribution in [2.45, 2.75) is 12.3 Å². The fourth-order valence-electron chi connectivity index (χ4n) is 1.36. The Morgan fingerprint density at radius 1 is 0.958 bits per heavy atom. The number of ether oxygens (including phenoxy) is 1. The van der Waals surface area contributed by atoms with E-state index in [2.05, 4.69) is 4.74 Å². The van der Waals surface area contributed by atoms with Crippen LogP contribution in [0.3, 0.4) is 0 Å². The molecule has 14 heteroatoms. The lowest BCUT2D eigenvalue weighted by Crippen LogP contribution is -2.40. The maximum absolute atomic E-state index is 13.3. The van der Waals surface area contributed by atoms with E-state index in [0.29, 0.717) is 0 Å². The van der Waals surface area contributed by atoms with Gasteiger partial charge in [0.1, 0.15) is 11.3 Å². The van der Waals surface area contributed by atoms with Gasteiger partial charge in [-0.25, -0.2) is 26.7 Å². The SMILES string of the molecule is O=C(OC(CS(=O)(=O)O)C(F)(F)F)c1c(F)c(F)c(F)c(F)c1F. The van der Waals surface area contributed by atoms with Crippen LogP contribution in [0.5, 0.6) is 0 Å². The van der Waals surface area contributed by atoms with Crippen molar-refractivity contribution in [2.75, 3.05) is 5.75 Å². The Morgan fingerprint density at radius 3 is 1.67 bits per heavy atom. The maximum Gasteiger partial charge on any atom is 0.426 e. The number of hydrogen-bond donors (Lipinski definition) is 1. The van der Waals surface area contributed by atoms with Crippen molar-refractivity contribution in [3.63, 3.8) is 0 Å². The lowest BCUT2D eigenvalue weighted by atomic mass is 10.1. The number of alkyl halides is 3. The largest absolute Gasteiger partial charge is 0.448 e. The van der Waals surface area contributed by atoms with Crippen LogP contribution in [0.4, 0.5) is 35.1 Å². The molecule has 1 rings (SSSR count). The van der Waals surface area contributed by atoms with Crippen LogP contribution in [0.25, 0.3) is 0 Å². The Bertz CT molecular complexity index is 743. The average Bonchev–Trinajstić information content (AvgIpc) is 2.40. The second-order valence-electron chi connectivity index (χ2n) is 4.13. The van der Waals surface area contributed by atoms with Gasteiger partial charge in [0.05, 0.1) is 0 Å². The minimum atomic E-state index is -5.63. The summed E-state index contributed by atoms with van der Waals surface area (Å²) >= 11 is 0. The quantitative estimate of drug-likeness (QED) is 0.282. The molecule has 0 aliphatic heterocycles. The molecule has 0 amide bonds. The molecule has 0 fully saturated rings. The molecule has 1 aromatic carbocycles. The van der Waals surface area contributed by atoms with E-state index in [-0.39, 0.29) is 0 Å². The highest BCUT2D eigenvalue weighted by Crippen LogP contribution is 2.28. The van der Waals surface area contributed by atoms with E-state index in [4.69, 9.17) is 4.55 Å². The van der Waals surface area contributed by atoms with Gasteiger partial charge in [0.25, 0.3) is 10.1 Å². The number of hydrogen-bond acceptors (Lipinski definition) is 4. The molecule has 0 radical (unpaired) electrons. The molecule has 0 aliphatic rings. The molecule has 0 spiro atoms. The number of carbonyl (C=O) groups excluding carboxylic acids is 1. The molecule has 0 saturated heterocycles. The van der Waals surface area contributed by atoms with Crippen LogP contribution < -0.4 is 0 Å². The van der Waals surface area contributed by atoms with Gasteiger partial charge in [-0.3, -0.25) is 4.55 Å². The first kappa shape index (κ1) is 20.1. The number of rotatable bonds is 4. The summed E-state index contributed by atoms with van der Waals surface area (Å²) in [5, 5.41) is 0. The molecule has 0 heterocycles. The van der Waals surface area contributed by atoms with Gasteiger partial charge in [0.15, 0.2) is 23.3 Å². The van der Waals surface area contributed by atoms with Gasteiger partial charge in [0.2, 0.25) is 11.9 Å². The summed E-state index contributed by atoms with van der Waals surface area (Å²) in [6, 6.07) is 0. The molecule has 1 atom stereocenters. The van der Waals surface area contributed by atoms with Gasteiger partial charge in [-0.05, 0) is 0 Å². The molecule has 24 heavy (non-hydrogen) atoms. The van der Waals surface area contributed by atoms with Gasteiger partial charge in [-0.1, -0.05) is 0 Å². The first-order valence-electron chi connectivity index (χ1n) is 5.41. The topological polar surface area (TPSA) is 80.7 Å². The highest BCUT2D eigenvalue weighted by atomic mass is 32.2. The van der Waals surface area contributed by atoms with Crippen molar-refractivity contribution in [1.29, 1.82) is 0 Å². The Hall–Kier alpha value is -1.96. The highest BCUT2D eigenvalue weighted by molar-refractivity contribution is 7.85. The van der Waals surface area contributed by atoms with E-state index >= 15 is 0 Å². The van der Waals surface area contributed by atoms with Crippen molar-refractivity contribution in [1.82, 2.24) is 0 Å². The van der Waals surface area contributed by atoms with Crippen LogP contribution in [0.2, 0.25) is 0 Å². The van der Waals surface area contributed by atoms with Crippen molar-refractivity contribution in [3.05, 3.63) is 34.6 Å². The number of benzene rings is 1. The lowest BCUT2D eigenvalue weighted by Gasteiger charge is -2.19. The van der Waals surface area contributed by atoms with E-state index in [9.17, 15) is 48.3 Å². The maximum atomic E-state index is 13.3. The third-order valence-corrected chi connectivity index (χ3v) is 3.11. The highest BCUT2D eigenvalue weighted by Gasteiger charge is 2.46. The zero-order valence-electron chi connectivity index (χ0n) is 10.8. The monoisotopic (exact) mass is 388 g/mol. The zero-order chi connectivity index (χ0) is 19.0. The summed E-state index contributed by atoms with van der Waals surface area (Å²) in [6.45, 7) is 0. The molecular formula is C10H4F8O5S. The molecule has 0 aromatic heterocycles. The number of halogens is 8. The summed E-state index contributed by atoms with van der Waals surface area (Å²) in [6.07, 6.45) is -9.25. The molecular weight excluding hydrogens is 384 g/mol. The van der Waals surface area contributed by atoms with Crippen LogP contribution in [0.15, 0.2) is 0 Å². The van der Waals surface area contributed by atoms with Crippen molar-refractivity contribution in [3.8, 4) is 0 Å². The van der Waals surface area contributed by atoms with Gasteiger partial charge in [0, 0.05) is 0 Å². The molecule has 1 N–H and O–H groups in total. The first-order chi connectivity index (χ1) is 10.7. The summed E-state index contributed by atoms with van der Waals surface area (Å²) in [5.74, 6) is -18.4. The van der Waals surface area contributed by atoms with Gasteiger partial charge < -0.3 is 4.74 Å². The molecule has 0 aliphatic carbocycles. The second-order valence-corrected chi connectivity index (χ2v) is 5.63. The first-order valence-corrected chi connectivity index (χ1v) is 7.02. The summed E-state index contributed by atoms with van der Waals surface area (Å²) < 4.78 is 135. The number of esters is 1. The Morgan fingerprint density at radius 2 is 1.33 bits per heavy atom. The fourth-order valence-corrected chi connectivity index (χ4v) is 2.00. The molecule has 5 nitrogen and oxygen atoms in total.